The molecule has 0 aromatic heterocycles. The Bertz CT molecular complexity index is 596. The lowest BCUT2D eigenvalue weighted by atomic mass is 10.2. The van der Waals surface area contributed by atoms with E-state index in [0.29, 0.717) is 0 Å². The molecule has 0 atom stereocenters. The van der Waals surface area contributed by atoms with Gasteiger partial charge in [0.15, 0.2) is 0 Å². The first kappa shape index (κ1) is 16.1. The van der Waals surface area contributed by atoms with Gasteiger partial charge < -0.3 is 9.84 Å². The second kappa shape index (κ2) is 7.01. The Morgan fingerprint density at radius 3 is 2.55 bits per heavy atom. The lowest BCUT2D eigenvalue weighted by Gasteiger charge is -2.09. The number of aliphatic carboxylic acids is 1. The monoisotopic (exact) mass is 301 g/mol. The van der Waals surface area contributed by atoms with Gasteiger partial charge in [0.05, 0.1) is 17.6 Å². The minimum absolute atomic E-state index is 0.0237. The second-order valence-electron chi connectivity index (χ2n) is 3.88. The van der Waals surface area contributed by atoms with Gasteiger partial charge in [-0.25, -0.2) is 17.9 Å². The first-order valence-electron chi connectivity index (χ1n) is 5.77. The molecule has 20 heavy (non-hydrogen) atoms. The first-order chi connectivity index (χ1) is 9.38. The summed E-state index contributed by atoms with van der Waals surface area (Å²) in [5.41, 5.74) is -0.0688. The molecular weight excluding hydrogens is 286 g/mol. The molecule has 7 nitrogen and oxygen atoms in total. The van der Waals surface area contributed by atoms with E-state index in [2.05, 4.69) is 9.46 Å². The molecule has 0 aliphatic rings. The molecule has 0 aliphatic heterocycles. The Balaban J connectivity index is 2.87. The van der Waals surface area contributed by atoms with Gasteiger partial charge >= 0.3 is 11.9 Å². The van der Waals surface area contributed by atoms with Gasteiger partial charge in [-0.2, -0.15) is 0 Å². The minimum Gasteiger partial charge on any atom is -0.481 e. The summed E-state index contributed by atoms with van der Waals surface area (Å²) in [5, 5.41) is 8.47. The maximum atomic E-state index is 12.1. The van der Waals surface area contributed by atoms with Crippen molar-refractivity contribution in [1.29, 1.82) is 0 Å². The number of methoxy groups -OCH3 is 1. The average molecular weight is 301 g/mol. The summed E-state index contributed by atoms with van der Waals surface area (Å²) in [6.45, 7) is -0.0237. The molecule has 1 aromatic carbocycles. The molecule has 0 amide bonds. The Kier molecular flexibility index (Phi) is 5.66. The number of ether oxygens (including phenoxy) is 1. The number of esters is 1. The summed E-state index contributed by atoms with van der Waals surface area (Å²) in [4.78, 5) is 21.7. The zero-order valence-electron chi connectivity index (χ0n) is 10.8. The van der Waals surface area contributed by atoms with Crippen molar-refractivity contribution < 1.29 is 27.9 Å². The predicted molar refractivity (Wildman–Crippen MR) is 69.8 cm³/mol. The van der Waals surface area contributed by atoms with Crippen molar-refractivity contribution in [2.24, 2.45) is 0 Å². The van der Waals surface area contributed by atoms with Crippen LogP contribution in [0.25, 0.3) is 0 Å². The number of carbonyl (C=O) groups excluding carboxylic acids is 1. The van der Waals surface area contributed by atoms with E-state index in [1.165, 1.54) is 24.3 Å². The normalized spacial score (nSPS) is 11.1. The van der Waals surface area contributed by atoms with Crippen LogP contribution in [0, 0.1) is 0 Å². The van der Waals surface area contributed by atoms with E-state index < -0.39 is 22.0 Å². The summed E-state index contributed by atoms with van der Waals surface area (Å²) >= 11 is 0. The van der Waals surface area contributed by atoms with Crippen molar-refractivity contribution in [1.82, 2.24) is 4.72 Å². The predicted octanol–water partition coefficient (Wildman–Crippen LogP) is 0.616. The SMILES string of the molecule is COC(=O)c1ccccc1S(=O)(=O)NCCCC(=O)O. The van der Waals surface area contributed by atoms with Crippen LogP contribution in [0.5, 0.6) is 0 Å². The van der Waals surface area contributed by atoms with E-state index in [-0.39, 0.29) is 29.8 Å². The smallest absolute Gasteiger partial charge is 0.339 e. The minimum atomic E-state index is -3.89. The Morgan fingerprint density at radius 2 is 1.95 bits per heavy atom. The van der Waals surface area contributed by atoms with Crippen LogP contribution in [0.3, 0.4) is 0 Å². The van der Waals surface area contributed by atoms with Gasteiger partial charge in [0.2, 0.25) is 10.0 Å². The molecule has 0 spiro atoms. The topological polar surface area (TPSA) is 110 Å². The highest BCUT2D eigenvalue weighted by Gasteiger charge is 2.22. The number of hydrogen-bond acceptors (Lipinski definition) is 5. The first-order valence-corrected chi connectivity index (χ1v) is 7.25. The molecule has 0 aliphatic carbocycles. The van der Waals surface area contributed by atoms with E-state index in [0.717, 1.165) is 7.11 Å². The molecule has 0 saturated carbocycles. The highest BCUT2D eigenvalue weighted by Crippen LogP contribution is 2.16. The number of sulfonamides is 1. The number of hydrogen-bond donors (Lipinski definition) is 2. The van der Waals surface area contributed by atoms with E-state index in [4.69, 9.17) is 5.11 Å². The van der Waals surface area contributed by atoms with Gasteiger partial charge in [0.1, 0.15) is 0 Å². The number of carboxylic acid groups (broad SMARTS) is 1. The van der Waals surface area contributed by atoms with Crippen molar-refractivity contribution in [3.05, 3.63) is 29.8 Å². The lowest BCUT2D eigenvalue weighted by molar-refractivity contribution is -0.137. The molecule has 8 heteroatoms. The van der Waals surface area contributed by atoms with Crippen molar-refractivity contribution in [2.75, 3.05) is 13.7 Å². The number of carboxylic acids is 1. The van der Waals surface area contributed by atoms with E-state index >= 15 is 0 Å². The van der Waals surface area contributed by atoms with Crippen molar-refractivity contribution in [3.8, 4) is 0 Å². The molecule has 110 valence electrons. The van der Waals surface area contributed by atoms with Gasteiger partial charge in [-0.05, 0) is 18.6 Å². The zero-order chi connectivity index (χ0) is 15.2. The lowest BCUT2D eigenvalue weighted by Crippen LogP contribution is -2.27. The van der Waals surface area contributed by atoms with Gasteiger partial charge in [0, 0.05) is 13.0 Å². The summed E-state index contributed by atoms with van der Waals surface area (Å²) in [6.07, 6.45) is 0.0239. The van der Waals surface area contributed by atoms with Gasteiger partial charge in [-0.3, -0.25) is 4.79 Å². The average Bonchev–Trinajstić information content (AvgIpc) is 2.42. The molecular formula is C12H15NO6S. The zero-order valence-corrected chi connectivity index (χ0v) is 11.6. The highest BCUT2D eigenvalue weighted by atomic mass is 32.2. The largest absolute Gasteiger partial charge is 0.481 e. The summed E-state index contributed by atoms with van der Waals surface area (Å²) < 4.78 is 30.9. The van der Waals surface area contributed by atoms with Gasteiger partial charge in [-0.15, -0.1) is 0 Å². The summed E-state index contributed by atoms with van der Waals surface area (Å²) in [6, 6.07) is 5.64. The van der Waals surface area contributed by atoms with E-state index in [9.17, 15) is 18.0 Å². The second-order valence-corrected chi connectivity index (χ2v) is 5.62. The fraction of sp³-hybridized carbons (Fsp3) is 0.333. The van der Waals surface area contributed by atoms with E-state index in [1.54, 1.807) is 0 Å². The molecule has 0 heterocycles. The molecule has 2 N–H and O–H groups in total. The molecule has 1 aromatic rings. The number of nitrogens with one attached hydrogen (secondary N) is 1. The summed E-state index contributed by atoms with van der Waals surface area (Å²) in [7, 11) is -2.73. The Labute approximate surface area is 116 Å². The standard InChI is InChI=1S/C12H15NO6S/c1-19-12(16)9-5-2-3-6-10(9)20(17,18)13-8-4-7-11(14)15/h2-3,5-6,13H,4,7-8H2,1H3,(H,14,15). The summed E-state index contributed by atoms with van der Waals surface area (Å²) in [5.74, 6) is -1.75. The van der Waals surface area contributed by atoms with Crippen molar-refractivity contribution in [3.63, 3.8) is 0 Å². The Hall–Kier alpha value is -1.93. The van der Waals surface area contributed by atoms with Crippen molar-refractivity contribution in [2.45, 2.75) is 17.7 Å². The number of benzene rings is 1. The third kappa shape index (κ3) is 4.32. The molecule has 0 radical (unpaired) electrons. The van der Waals surface area contributed by atoms with Crippen LogP contribution >= 0.6 is 0 Å². The molecule has 0 bridgehead atoms. The van der Waals surface area contributed by atoms with E-state index in [1.807, 2.05) is 0 Å². The fourth-order valence-corrected chi connectivity index (χ4v) is 2.77. The quantitative estimate of drug-likeness (QED) is 0.564. The van der Waals surface area contributed by atoms with Crippen LogP contribution in [-0.4, -0.2) is 39.1 Å². The third-order valence-corrected chi connectivity index (χ3v) is 3.96. The van der Waals surface area contributed by atoms with Gasteiger partial charge in [-0.1, -0.05) is 12.1 Å². The van der Waals surface area contributed by atoms with Gasteiger partial charge in [0.25, 0.3) is 0 Å². The van der Waals surface area contributed by atoms with Crippen LogP contribution in [0.4, 0.5) is 0 Å². The maximum absolute atomic E-state index is 12.1. The fourth-order valence-electron chi connectivity index (χ4n) is 1.50. The molecule has 0 unspecified atom stereocenters. The Morgan fingerprint density at radius 1 is 1.30 bits per heavy atom. The third-order valence-electron chi connectivity index (χ3n) is 2.44. The molecule has 0 fully saturated rings. The molecule has 1 rings (SSSR count). The number of rotatable bonds is 7. The van der Waals surface area contributed by atoms with Crippen molar-refractivity contribution >= 4 is 22.0 Å². The van der Waals surface area contributed by atoms with Crippen LogP contribution in [-0.2, 0) is 19.6 Å². The number of carbonyl (C=O) groups is 2. The van der Waals surface area contributed by atoms with Crippen LogP contribution in [0.15, 0.2) is 29.2 Å². The maximum Gasteiger partial charge on any atom is 0.339 e. The van der Waals surface area contributed by atoms with Crippen LogP contribution in [0.2, 0.25) is 0 Å². The van der Waals surface area contributed by atoms with Crippen LogP contribution in [0.1, 0.15) is 23.2 Å². The highest BCUT2D eigenvalue weighted by molar-refractivity contribution is 7.89. The van der Waals surface area contributed by atoms with Crippen LogP contribution < -0.4 is 4.72 Å². The molecule has 0 saturated heterocycles.